The van der Waals surface area contributed by atoms with Gasteiger partial charge in [0.25, 0.3) is 0 Å². The zero-order valence-corrected chi connectivity index (χ0v) is 22.5. The molecule has 1 fully saturated rings. The van der Waals surface area contributed by atoms with E-state index in [0.29, 0.717) is 33.6 Å². The minimum absolute atomic E-state index is 0.300. The van der Waals surface area contributed by atoms with Crippen LogP contribution in [-0.4, -0.2) is 48.2 Å². The van der Waals surface area contributed by atoms with Gasteiger partial charge in [-0.25, -0.2) is 4.79 Å². The Morgan fingerprint density at radius 3 is 1.79 bits per heavy atom. The molecule has 39 heavy (non-hydrogen) atoms. The molecule has 7 rings (SSSR count). The van der Waals surface area contributed by atoms with E-state index in [1.165, 1.54) is 20.1 Å². The van der Waals surface area contributed by atoms with Gasteiger partial charge in [-0.2, -0.15) is 0 Å². The first-order valence-corrected chi connectivity index (χ1v) is 13.2. The molecule has 0 aromatic heterocycles. The molecule has 3 aliphatic carbocycles. The lowest BCUT2D eigenvalue weighted by atomic mass is 9.54. The minimum atomic E-state index is -1.35. The quantitative estimate of drug-likeness (QED) is 0.191. The van der Waals surface area contributed by atoms with Gasteiger partial charge in [-0.15, -0.1) is 23.2 Å². The van der Waals surface area contributed by atoms with Crippen LogP contribution in [0.1, 0.15) is 39.5 Å². The molecule has 9 heteroatoms. The van der Waals surface area contributed by atoms with Crippen LogP contribution >= 0.6 is 23.2 Å². The normalized spacial score (nSPS) is 26.9. The standard InChI is InChI=1S/C30H23Cl2NO6/c1-16(28(37)39-15-23(34)17-8-7-9-18(14-17)38-2)33-26(35)24-25(27(33)36)30(32)20-11-4-3-10-19(20)29(24,31)21-12-5-6-13-22(21)30/h3-14,16,24-25H,15H2,1-2H3/t16-,24+,25+,29?,30?/m0/s1. The molecule has 0 unspecified atom stereocenters. The average Bonchev–Trinajstić information content (AvgIpc) is 3.24. The predicted octanol–water partition coefficient (Wildman–Crippen LogP) is 4.40. The van der Waals surface area contributed by atoms with Gasteiger partial charge in [0.05, 0.1) is 18.9 Å². The van der Waals surface area contributed by atoms with Crippen LogP contribution < -0.4 is 4.74 Å². The Morgan fingerprint density at radius 1 is 0.846 bits per heavy atom. The number of hydrogen-bond donors (Lipinski definition) is 0. The van der Waals surface area contributed by atoms with Gasteiger partial charge in [-0.05, 0) is 41.3 Å². The maximum absolute atomic E-state index is 14.0. The van der Waals surface area contributed by atoms with E-state index in [2.05, 4.69) is 0 Å². The number of hydrogen-bond acceptors (Lipinski definition) is 6. The number of nitrogens with zero attached hydrogens (tertiary/aromatic N) is 1. The van der Waals surface area contributed by atoms with Gasteiger partial charge in [0, 0.05) is 5.56 Å². The maximum Gasteiger partial charge on any atom is 0.329 e. The van der Waals surface area contributed by atoms with E-state index in [0.717, 1.165) is 4.90 Å². The van der Waals surface area contributed by atoms with Crippen LogP contribution in [0, 0.1) is 11.8 Å². The van der Waals surface area contributed by atoms with Crippen LogP contribution in [0.25, 0.3) is 0 Å². The number of ether oxygens (including phenoxy) is 2. The first kappa shape index (κ1) is 25.6. The van der Waals surface area contributed by atoms with Crippen LogP contribution in [0.3, 0.4) is 0 Å². The third-order valence-corrected chi connectivity index (χ3v) is 9.37. The fourth-order valence-corrected chi connectivity index (χ4v) is 7.41. The summed E-state index contributed by atoms with van der Waals surface area (Å²) in [6.45, 7) is 0.838. The van der Waals surface area contributed by atoms with Crippen molar-refractivity contribution in [3.05, 3.63) is 101 Å². The molecule has 0 N–H and O–H groups in total. The lowest BCUT2D eigenvalue weighted by Crippen LogP contribution is -2.57. The average molecular weight is 564 g/mol. The van der Waals surface area contributed by atoms with Crippen molar-refractivity contribution in [3.63, 3.8) is 0 Å². The third kappa shape index (κ3) is 3.36. The van der Waals surface area contributed by atoms with E-state index in [1.54, 1.807) is 18.2 Å². The van der Waals surface area contributed by atoms with Gasteiger partial charge in [0.2, 0.25) is 11.8 Å². The second-order valence-electron chi connectivity index (χ2n) is 9.96. The second kappa shape index (κ2) is 8.93. The summed E-state index contributed by atoms with van der Waals surface area (Å²) in [5.41, 5.74) is 2.98. The molecular formula is C30H23Cl2NO6. The number of esters is 1. The van der Waals surface area contributed by atoms with Gasteiger partial charge in [-0.1, -0.05) is 60.7 Å². The SMILES string of the molecule is COc1cccc(C(=O)COC(=O)[C@H](C)N2C(=O)[C@H]3[C@H](C2=O)C2(Cl)c4ccccc4C3(Cl)c3ccccc32)c1. The van der Waals surface area contributed by atoms with Crippen molar-refractivity contribution in [2.45, 2.75) is 22.7 Å². The monoisotopic (exact) mass is 563 g/mol. The zero-order chi connectivity index (χ0) is 27.7. The van der Waals surface area contributed by atoms with Crippen molar-refractivity contribution in [1.82, 2.24) is 4.90 Å². The summed E-state index contributed by atoms with van der Waals surface area (Å²) < 4.78 is 10.4. The Bertz CT molecular complexity index is 1450. The first-order valence-electron chi connectivity index (χ1n) is 12.4. The lowest BCUT2D eigenvalue weighted by Gasteiger charge is -2.54. The number of benzene rings is 3. The Kier molecular flexibility index (Phi) is 5.86. The summed E-state index contributed by atoms with van der Waals surface area (Å²) in [7, 11) is 1.48. The number of methoxy groups -OCH3 is 1. The largest absolute Gasteiger partial charge is 0.497 e. The predicted molar refractivity (Wildman–Crippen MR) is 143 cm³/mol. The molecule has 3 atom stereocenters. The summed E-state index contributed by atoms with van der Waals surface area (Å²) in [6, 6.07) is 19.7. The number of amides is 2. The molecule has 7 nitrogen and oxygen atoms in total. The molecule has 4 aliphatic rings. The Labute approximate surface area is 234 Å². The van der Waals surface area contributed by atoms with Crippen LogP contribution in [0.2, 0.25) is 0 Å². The topological polar surface area (TPSA) is 90.0 Å². The molecule has 1 saturated heterocycles. The molecular weight excluding hydrogens is 541 g/mol. The van der Waals surface area contributed by atoms with E-state index in [9.17, 15) is 19.2 Å². The summed E-state index contributed by atoms with van der Waals surface area (Å²) in [5.74, 6) is -4.11. The number of carbonyl (C=O) groups is 4. The number of alkyl halides is 2. The second-order valence-corrected chi connectivity index (χ2v) is 11.1. The van der Waals surface area contributed by atoms with Crippen molar-refractivity contribution in [2.24, 2.45) is 11.8 Å². The molecule has 1 aliphatic heterocycles. The van der Waals surface area contributed by atoms with E-state index in [4.69, 9.17) is 32.7 Å². The number of rotatable bonds is 6. The van der Waals surface area contributed by atoms with Crippen molar-refractivity contribution in [2.75, 3.05) is 13.7 Å². The van der Waals surface area contributed by atoms with Gasteiger partial charge in [0.1, 0.15) is 21.5 Å². The van der Waals surface area contributed by atoms with Gasteiger partial charge >= 0.3 is 5.97 Å². The van der Waals surface area contributed by atoms with Crippen molar-refractivity contribution >= 4 is 46.8 Å². The van der Waals surface area contributed by atoms with E-state index in [1.807, 2.05) is 48.5 Å². The first-order chi connectivity index (χ1) is 18.6. The molecule has 3 aromatic carbocycles. The Hall–Kier alpha value is -3.68. The fourth-order valence-electron chi connectivity index (χ4n) is 6.31. The highest BCUT2D eigenvalue weighted by molar-refractivity contribution is 6.36. The molecule has 3 aromatic rings. The van der Waals surface area contributed by atoms with Crippen LogP contribution in [0.15, 0.2) is 72.8 Å². The van der Waals surface area contributed by atoms with Crippen LogP contribution in [0.5, 0.6) is 5.75 Å². The molecule has 1 heterocycles. The third-order valence-electron chi connectivity index (χ3n) is 8.09. The molecule has 0 radical (unpaired) electrons. The summed E-state index contributed by atoms with van der Waals surface area (Å²) in [5, 5.41) is 0. The van der Waals surface area contributed by atoms with E-state index in [-0.39, 0.29) is 0 Å². The Morgan fingerprint density at radius 2 is 1.33 bits per heavy atom. The van der Waals surface area contributed by atoms with Crippen molar-refractivity contribution < 1.29 is 28.7 Å². The summed E-state index contributed by atoms with van der Waals surface area (Å²) >= 11 is 14.8. The number of Topliss-reactive ketones (excluding diaryl/α,β-unsaturated/α-hetero) is 1. The fraction of sp³-hybridized carbons (Fsp3) is 0.267. The lowest BCUT2D eigenvalue weighted by molar-refractivity contribution is -0.157. The van der Waals surface area contributed by atoms with Gasteiger partial charge < -0.3 is 9.47 Å². The zero-order valence-electron chi connectivity index (χ0n) is 21.0. The number of likely N-dealkylation sites (tertiary alicyclic amines) is 1. The summed E-state index contributed by atoms with van der Waals surface area (Å²) in [6.07, 6.45) is 0. The molecule has 0 saturated carbocycles. The minimum Gasteiger partial charge on any atom is -0.497 e. The summed E-state index contributed by atoms with van der Waals surface area (Å²) in [4.78, 5) is 51.8. The van der Waals surface area contributed by atoms with E-state index < -0.39 is 57.8 Å². The van der Waals surface area contributed by atoms with Crippen LogP contribution in [0.4, 0.5) is 0 Å². The highest BCUT2D eigenvalue weighted by Gasteiger charge is 2.73. The number of imide groups is 1. The van der Waals surface area contributed by atoms with Gasteiger partial charge in [-0.3, -0.25) is 19.3 Å². The molecule has 198 valence electrons. The molecule has 2 bridgehead atoms. The number of ketones is 1. The number of halogens is 2. The van der Waals surface area contributed by atoms with Gasteiger partial charge in [0.15, 0.2) is 12.4 Å². The smallest absolute Gasteiger partial charge is 0.329 e. The van der Waals surface area contributed by atoms with E-state index >= 15 is 0 Å². The Balaban J connectivity index is 1.31. The molecule has 0 spiro atoms. The van der Waals surface area contributed by atoms with Crippen LogP contribution in [-0.2, 0) is 28.9 Å². The molecule has 2 amide bonds. The van der Waals surface area contributed by atoms with Crippen molar-refractivity contribution in [1.29, 1.82) is 0 Å². The number of carbonyl (C=O) groups excluding carboxylic acids is 4. The highest BCUT2D eigenvalue weighted by atomic mass is 35.5. The maximum atomic E-state index is 14.0. The highest BCUT2D eigenvalue weighted by Crippen LogP contribution is 2.69. The van der Waals surface area contributed by atoms with Crippen molar-refractivity contribution in [3.8, 4) is 5.75 Å².